The van der Waals surface area contributed by atoms with E-state index >= 15 is 0 Å². The standard InChI is InChI=1S/C12H24N2O3/c1-11(2,3)17-10(15)14-6-9-5-13-7-12(9,8-14)16-4/h9-10,13,15H,5-8H2,1-4H3/t9-,10?,12-/m1/s1. The normalized spacial score (nSPS) is 36.2. The van der Waals surface area contributed by atoms with Crippen LogP contribution in [-0.2, 0) is 9.47 Å². The Balaban J connectivity index is 1.98. The van der Waals surface area contributed by atoms with Gasteiger partial charge in [-0.05, 0) is 20.8 Å². The smallest absolute Gasteiger partial charge is 0.216 e. The first-order valence-electron chi connectivity index (χ1n) is 6.22. The van der Waals surface area contributed by atoms with Crippen molar-refractivity contribution in [1.29, 1.82) is 0 Å². The Morgan fingerprint density at radius 3 is 2.71 bits per heavy atom. The zero-order valence-electron chi connectivity index (χ0n) is 11.2. The highest BCUT2D eigenvalue weighted by Gasteiger charge is 2.51. The van der Waals surface area contributed by atoms with Crippen LogP contribution in [0.5, 0.6) is 0 Å². The SMILES string of the molecule is CO[C@@]12CNC[C@@H]1CN(C(O)OC(C)(C)C)C2. The van der Waals surface area contributed by atoms with Gasteiger partial charge in [0.15, 0.2) is 0 Å². The van der Waals surface area contributed by atoms with Crippen molar-refractivity contribution >= 4 is 0 Å². The van der Waals surface area contributed by atoms with Crippen molar-refractivity contribution in [1.82, 2.24) is 10.2 Å². The molecule has 2 heterocycles. The summed E-state index contributed by atoms with van der Waals surface area (Å²) >= 11 is 0. The van der Waals surface area contributed by atoms with Gasteiger partial charge in [-0.3, -0.25) is 4.90 Å². The average molecular weight is 244 g/mol. The molecule has 1 unspecified atom stereocenters. The lowest BCUT2D eigenvalue weighted by Crippen LogP contribution is -2.45. The van der Waals surface area contributed by atoms with E-state index in [0.29, 0.717) is 5.92 Å². The number of aliphatic hydroxyl groups is 1. The molecule has 2 N–H and O–H groups in total. The van der Waals surface area contributed by atoms with Crippen molar-refractivity contribution in [3.63, 3.8) is 0 Å². The molecule has 5 heteroatoms. The van der Waals surface area contributed by atoms with Crippen LogP contribution in [-0.4, -0.2) is 60.9 Å². The minimum atomic E-state index is -0.840. The molecule has 5 nitrogen and oxygen atoms in total. The van der Waals surface area contributed by atoms with Crippen LogP contribution in [0, 0.1) is 5.92 Å². The first-order valence-corrected chi connectivity index (χ1v) is 6.22. The van der Waals surface area contributed by atoms with Gasteiger partial charge < -0.3 is 19.9 Å². The summed E-state index contributed by atoms with van der Waals surface area (Å²) in [6.07, 6.45) is -0.840. The highest BCUT2D eigenvalue weighted by atomic mass is 16.6. The summed E-state index contributed by atoms with van der Waals surface area (Å²) in [5, 5.41) is 13.4. The van der Waals surface area contributed by atoms with E-state index in [1.807, 2.05) is 25.7 Å². The Labute approximate surface area is 103 Å². The van der Waals surface area contributed by atoms with E-state index in [4.69, 9.17) is 9.47 Å². The van der Waals surface area contributed by atoms with E-state index in [1.165, 1.54) is 0 Å². The van der Waals surface area contributed by atoms with E-state index in [-0.39, 0.29) is 11.2 Å². The fraction of sp³-hybridized carbons (Fsp3) is 1.00. The van der Waals surface area contributed by atoms with Crippen LogP contribution in [0.3, 0.4) is 0 Å². The summed E-state index contributed by atoms with van der Waals surface area (Å²) in [7, 11) is 1.75. The van der Waals surface area contributed by atoms with Crippen LogP contribution in [0.2, 0.25) is 0 Å². The lowest BCUT2D eigenvalue weighted by Gasteiger charge is -2.31. The van der Waals surface area contributed by atoms with Crippen LogP contribution in [0.25, 0.3) is 0 Å². The monoisotopic (exact) mass is 244 g/mol. The molecule has 3 atom stereocenters. The van der Waals surface area contributed by atoms with Gasteiger partial charge >= 0.3 is 0 Å². The molecule has 0 spiro atoms. The molecule has 0 saturated carbocycles. The van der Waals surface area contributed by atoms with E-state index < -0.39 is 6.41 Å². The van der Waals surface area contributed by atoms with Crippen LogP contribution in [0.1, 0.15) is 20.8 Å². The maximum Gasteiger partial charge on any atom is 0.216 e. The van der Waals surface area contributed by atoms with Crippen LogP contribution in [0.4, 0.5) is 0 Å². The maximum absolute atomic E-state index is 10.1. The van der Waals surface area contributed by atoms with Gasteiger partial charge in [0.2, 0.25) is 6.41 Å². The van der Waals surface area contributed by atoms with E-state index in [1.54, 1.807) is 7.11 Å². The molecule has 0 aliphatic carbocycles. The molecule has 100 valence electrons. The fourth-order valence-electron chi connectivity index (χ4n) is 2.76. The lowest BCUT2D eigenvalue weighted by atomic mass is 9.95. The molecule has 2 rings (SSSR count). The highest BCUT2D eigenvalue weighted by molar-refractivity contribution is 5.05. The lowest BCUT2D eigenvalue weighted by molar-refractivity contribution is -0.237. The van der Waals surface area contributed by atoms with Crippen molar-refractivity contribution < 1.29 is 14.6 Å². The Morgan fingerprint density at radius 1 is 1.47 bits per heavy atom. The fourth-order valence-corrected chi connectivity index (χ4v) is 2.76. The van der Waals surface area contributed by atoms with Crippen molar-refractivity contribution in [2.75, 3.05) is 33.3 Å². The number of likely N-dealkylation sites (tertiary alicyclic amines) is 1. The minimum absolute atomic E-state index is 0.151. The van der Waals surface area contributed by atoms with Crippen molar-refractivity contribution in [3.05, 3.63) is 0 Å². The number of ether oxygens (including phenoxy) is 2. The Morgan fingerprint density at radius 2 is 2.18 bits per heavy atom. The summed E-state index contributed by atoms with van der Waals surface area (Å²) in [4.78, 5) is 1.96. The third-order valence-corrected chi connectivity index (χ3v) is 3.66. The van der Waals surface area contributed by atoms with Gasteiger partial charge in [-0.25, -0.2) is 0 Å². The van der Waals surface area contributed by atoms with Gasteiger partial charge in [-0.1, -0.05) is 0 Å². The topological polar surface area (TPSA) is 54.0 Å². The summed E-state index contributed by atoms with van der Waals surface area (Å²) in [5.41, 5.74) is -0.488. The number of rotatable bonds is 3. The number of methoxy groups -OCH3 is 1. The first kappa shape index (κ1) is 13.2. The van der Waals surface area contributed by atoms with E-state index in [2.05, 4.69) is 5.32 Å². The Hall–Kier alpha value is -0.200. The van der Waals surface area contributed by atoms with E-state index in [0.717, 1.165) is 26.2 Å². The van der Waals surface area contributed by atoms with Gasteiger partial charge in [-0.2, -0.15) is 0 Å². The molecule has 17 heavy (non-hydrogen) atoms. The first-order chi connectivity index (χ1) is 7.86. The molecule has 0 aromatic heterocycles. The second-order valence-electron chi connectivity index (χ2n) is 6.08. The molecular formula is C12H24N2O3. The zero-order chi connectivity index (χ0) is 12.7. The number of hydrogen-bond donors (Lipinski definition) is 2. The van der Waals surface area contributed by atoms with Crippen molar-refractivity contribution in [3.8, 4) is 0 Å². The van der Waals surface area contributed by atoms with Gasteiger partial charge in [0.25, 0.3) is 0 Å². The van der Waals surface area contributed by atoms with Crippen LogP contribution < -0.4 is 5.32 Å². The Kier molecular flexibility index (Phi) is 3.49. The third-order valence-electron chi connectivity index (χ3n) is 3.66. The molecule has 0 aromatic carbocycles. The number of hydrogen-bond acceptors (Lipinski definition) is 5. The predicted molar refractivity (Wildman–Crippen MR) is 64.5 cm³/mol. The quantitative estimate of drug-likeness (QED) is 0.684. The maximum atomic E-state index is 10.1. The number of nitrogens with zero attached hydrogens (tertiary/aromatic N) is 1. The summed E-state index contributed by atoms with van der Waals surface area (Å²) in [5.74, 6) is 0.436. The molecule has 0 radical (unpaired) electrons. The van der Waals surface area contributed by atoms with Crippen LogP contribution >= 0.6 is 0 Å². The summed E-state index contributed by atoms with van der Waals surface area (Å²) in [6.45, 7) is 9.18. The number of aliphatic hydroxyl groups excluding tert-OH is 1. The minimum Gasteiger partial charge on any atom is -0.375 e. The highest BCUT2D eigenvalue weighted by Crippen LogP contribution is 2.35. The second-order valence-corrected chi connectivity index (χ2v) is 6.08. The summed E-state index contributed by atoms with van der Waals surface area (Å²) in [6, 6.07) is 0. The molecule has 2 aliphatic rings. The van der Waals surface area contributed by atoms with Gasteiger partial charge in [-0.15, -0.1) is 0 Å². The molecule has 2 aliphatic heterocycles. The Bertz CT molecular complexity index is 279. The third kappa shape index (κ3) is 2.63. The number of fused-ring (bicyclic) bond motifs is 1. The molecule has 0 aromatic rings. The molecule has 2 saturated heterocycles. The van der Waals surface area contributed by atoms with Crippen LogP contribution in [0.15, 0.2) is 0 Å². The number of nitrogens with one attached hydrogen (secondary N) is 1. The molecule has 2 fully saturated rings. The summed E-state index contributed by atoms with van der Waals surface area (Å²) < 4.78 is 11.2. The molecule has 0 amide bonds. The largest absolute Gasteiger partial charge is 0.375 e. The van der Waals surface area contributed by atoms with Gasteiger partial charge in [0.05, 0.1) is 11.2 Å². The van der Waals surface area contributed by atoms with E-state index in [9.17, 15) is 5.11 Å². The average Bonchev–Trinajstić information content (AvgIpc) is 2.70. The van der Waals surface area contributed by atoms with Crippen molar-refractivity contribution in [2.45, 2.75) is 38.4 Å². The zero-order valence-corrected chi connectivity index (χ0v) is 11.2. The predicted octanol–water partition coefficient (Wildman–Crippen LogP) is -0.00240. The molecule has 0 bridgehead atoms. The van der Waals surface area contributed by atoms with Crippen molar-refractivity contribution in [2.24, 2.45) is 5.92 Å². The molecular weight excluding hydrogens is 220 g/mol. The second kappa shape index (κ2) is 4.48. The van der Waals surface area contributed by atoms with Gasteiger partial charge in [0, 0.05) is 39.2 Å². The van der Waals surface area contributed by atoms with Gasteiger partial charge in [0.1, 0.15) is 0 Å².